The Morgan fingerprint density at radius 1 is 1.32 bits per heavy atom. The van der Waals surface area contributed by atoms with E-state index in [1.54, 1.807) is 12.1 Å². The number of carbonyl (C=O) groups excluding carboxylic acids is 2. The number of thiazole rings is 1. The maximum absolute atomic E-state index is 12.6. The molecule has 0 spiro atoms. The van der Waals surface area contributed by atoms with Crippen LogP contribution in [0.3, 0.4) is 0 Å². The molecule has 9 heteroatoms. The fourth-order valence-corrected chi connectivity index (χ4v) is 3.71. The molecule has 1 aliphatic rings. The van der Waals surface area contributed by atoms with Crippen molar-refractivity contribution in [2.24, 2.45) is 5.73 Å². The Morgan fingerprint density at radius 2 is 2.08 bits per heavy atom. The molecule has 1 aliphatic heterocycles. The van der Waals surface area contributed by atoms with Gasteiger partial charge in [-0.3, -0.25) is 10.1 Å². The molecule has 2 heterocycles. The minimum absolute atomic E-state index is 0.0448. The van der Waals surface area contributed by atoms with Crippen molar-refractivity contribution < 1.29 is 9.59 Å². The van der Waals surface area contributed by atoms with Gasteiger partial charge in [0.1, 0.15) is 10.0 Å². The maximum Gasteiger partial charge on any atom is 0.317 e. The van der Waals surface area contributed by atoms with Gasteiger partial charge < -0.3 is 16.4 Å². The molecular formula is C16H18ClN5O2S. The van der Waals surface area contributed by atoms with Crippen molar-refractivity contribution in [1.82, 2.24) is 15.6 Å². The molecule has 132 valence electrons. The number of halogens is 1. The zero-order valence-corrected chi connectivity index (χ0v) is 14.9. The molecule has 1 aromatic carbocycles. The average Bonchev–Trinajstić information content (AvgIpc) is 2.99. The molecular weight excluding hydrogens is 362 g/mol. The smallest absolute Gasteiger partial charge is 0.317 e. The lowest BCUT2D eigenvalue weighted by molar-refractivity contribution is 0.0927. The fraction of sp³-hybridized carbons (Fsp3) is 0.312. The van der Waals surface area contributed by atoms with Crippen LogP contribution in [0.15, 0.2) is 24.3 Å². The van der Waals surface area contributed by atoms with Crippen molar-refractivity contribution in [2.45, 2.75) is 18.9 Å². The van der Waals surface area contributed by atoms with Gasteiger partial charge in [0.15, 0.2) is 5.69 Å². The second-order valence-corrected chi connectivity index (χ2v) is 7.15. The maximum atomic E-state index is 12.6. The highest BCUT2D eigenvalue weighted by Gasteiger charge is 2.23. The molecule has 0 unspecified atom stereocenters. The van der Waals surface area contributed by atoms with Crippen LogP contribution in [0.1, 0.15) is 23.3 Å². The number of piperidine rings is 1. The number of aromatic nitrogens is 1. The van der Waals surface area contributed by atoms with Crippen LogP contribution in [0, 0.1) is 0 Å². The molecule has 25 heavy (non-hydrogen) atoms. The lowest BCUT2D eigenvalue weighted by Gasteiger charge is -2.23. The molecule has 3 rings (SSSR count). The normalized spacial score (nSPS) is 17.1. The molecule has 0 aliphatic carbocycles. The third-order valence-corrected chi connectivity index (χ3v) is 5.07. The van der Waals surface area contributed by atoms with Crippen molar-refractivity contribution in [2.75, 3.05) is 18.4 Å². The van der Waals surface area contributed by atoms with E-state index >= 15 is 0 Å². The van der Waals surface area contributed by atoms with Gasteiger partial charge in [0, 0.05) is 23.2 Å². The number of nitrogens with zero attached hydrogens (tertiary/aromatic N) is 1. The molecule has 0 saturated carbocycles. The third-order valence-electron chi connectivity index (χ3n) is 3.80. The van der Waals surface area contributed by atoms with Gasteiger partial charge in [-0.2, -0.15) is 0 Å². The highest BCUT2D eigenvalue weighted by atomic mass is 35.5. The first-order valence-electron chi connectivity index (χ1n) is 7.88. The van der Waals surface area contributed by atoms with E-state index in [2.05, 4.69) is 20.9 Å². The molecule has 2 aromatic rings. The van der Waals surface area contributed by atoms with Gasteiger partial charge in [-0.25, -0.2) is 9.78 Å². The number of urea groups is 1. The number of carbonyl (C=O) groups is 2. The van der Waals surface area contributed by atoms with Crippen LogP contribution in [0.4, 0.5) is 9.80 Å². The predicted molar refractivity (Wildman–Crippen MR) is 99.1 cm³/mol. The molecule has 1 atom stereocenters. The molecule has 0 radical (unpaired) electrons. The monoisotopic (exact) mass is 379 g/mol. The summed E-state index contributed by atoms with van der Waals surface area (Å²) in [5.41, 5.74) is 6.19. The van der Waals surface area contributed by atoms with Gasteiger partial charge in [-0.1, -0.05) is 35.1 Å². The van der Waals surface area contributed by atoms with Crippen LogP contribution in [-0.4, -0.2) is 36.1 Å². The number of amides is 3. The lowest BCUT2D eigenvalue weighted by atomic mass is 10.1. The number of primary amides is 1. The molecule has 1 saturated heterocycles. The van der Waals surface area contributed by atoms with Crippen LogP contribution < -0.4 is 21.7 Å². The first-order chi connectivity index (χ1) is 12.0. The van der Waals surface area contributed by atoms with Crippen molar-refractivity contribution in [3.63, 3.8) is 0 Å². The standard InChI is InChI=1S/C16H18ClN5O2S/c17-10-5-3-9(4-6-10)14-21-12(15(25-14)22-16(18)24)13(23)20-11-2-1-7-19-8-11/h3-6,11,19H,1-2,7-8H2,(H,20,23)(H3,18,22,24)/t11-/m0/s1. The van der Waals surface area contributed by atoms with E-state index in [4.69, 9.17) is 17.3 Å². The van der Waals surface area contributed by atoms with Crippen molar-refractivity contribution in [1.29, 1.82) is 0 Å². The van der Waals surface area contributed by atoms with E-state index in [9.17, 15) is 9.59 Å². The Hall–Kier alpha value is -2.16. The van der Waals surface area contributed by atoms with E-state index in [0.29, 0.717) is 15.0 Å². The van der Waals surface area contributed by atoms with Crippen LogP contribution in [-0.2, 0) is 0 Å². The van der Waals surface area contributed by atoms with Gasteiger partial charge in [0.25, 0.3) is 5.91 Å². The van der Waals surface area contributed by atoms with E-state index in [0.717, 1.165) is 31.5 Å². The Bertz CT molecular complexity index is 771. The van der Waals surface area contributed by atoms with Crippen LogP contribution in [0.2, 0.25) is 5.02 Å². The van der Waals surface area contributed by atoms with Crippen LogP contribution in [0.5, 0.6) is 0 Å². The Balaban J connectivity index is 1.86. The summed E-state index contributed by atoms with van der Waals surface area (Å²) < 4.78 is 0. The summed E-state index contributed by atoms with van der Waals surface area (Å²) in [7, 11) is 0. The number of hydrogen-bond acceptors (Lipinski definition) is 5. The fourth-order valence-electron chi connectivity index (χ4n) is 2.62. The van der Waals surface area contributed by atoms with Gasteiger partial charge >= 0.3 is 6.03 Å². The molecule has 1 aromatic heterocycles. The Morgan fingerprint density at radius 3 is 2.72 bits per heavy atom. The van der Waals surface area contributed by atoms with E-state index in [1.165, 1.54) is 11.3 Å². The summed E-state index contributed by atoms with van der Waals surface area (Å²) in [5, 5.41) is 10.2. The topological polar surface area (TPSA) is 109 Å². The predicted octanol–water partition coefficient (Wildman–Crippen LogP) is 2.44. The first kappa shape index (κ1) is 17.7. The first-order valence-corrected chi connectivity index (χ1v) is 9.07. The van der Waals surface area contributed by atoms with Gasteiger partial charge in [-0.15, -0.1) is 0 Å². The molecule has 3 amide bonds. The van der Waals surface area contributed by atoms with E-state index in [-0.39, 0.29) is 17.6 Å². The average molecular weight is 380 g/mol. The van der Waals surface area contributed by atoms with Crippen LogP contribution >= 0.6 is 22.9 Å². The zero-order chi connectivity index (χ0) is 17.8. The minimum atomic E-state index is -0.736. The van der Waals surface area contributed by atoms with Gasteiger partial charge in [0.2, 0.25) is 0 Å². The van der Waals surface area contributed by atoms with E-state index in [1.807, 2.05) is 12.1 Å². The largest absolute Gasteiger partial charge is 0.351 e. The minimum Gasteiger partial charge on any atom is -0.351 e. The molecule has 7 nitrogen and oxygen atoms in total. The Kier molecular flexibility index (Phi) is 5.52. The number of nitrogens with one attached hydrogen (secondary N) is 3. The number of anilines is 1. The number of rotatable bonds is 4. The highest BCUT2D eigenvalue weighted by Crippen LogP contribution is 2.32. The number of nitrogens with two attached hydrogens (primary N) is 1. The Labute approximate surface area is 154 Å². The van der Waals surface area contributed by atoms with E-state index < -0.39 is 6.03 Å². The SMILES string of the molecule is NC(=O)Nc1sc(-c2ccc(Cl)cc2)nc1C(=O)N[C@H]1CCCNC1. The summed E-state index contributed by atoms with van der Waals surface area (Å²) in [5.74, 6) is -0.325. The number of hydrogen-bond donors (Lipinski definition) is 4. The summed E-state index contributed by atoms with van der Waals surface area (Å²) in [6.07, 6.45) is 1.91. The van der Waals surface area contributed by atoms with Gasteiger partial charge in [-0.05, 0) is 31.5 Å². The summed E-state index contributed by atoms with van der Waals surface area (Å²) in [6.45, 7) is 1.68. The molecule has 1 fully saturated rings. The molecule has 5 N–H and O–H groups in total. The molecule has 0 bridgehead atoms. The summed E-state index contributed by atoms with van der Waals surface area (Å²) >= 11 is 7.10. The lowest BCUT2D eigenvalue weighted by Crippen LogP contribution is -2.45. The quantitative estimate of drug-likeness (QED) is 0.654. The highest BCUT2D eigenvalue weighted by molar-refractivity contribution is 7.19. The van der Waals surface area contributed by atoms with Crippen molar-refractivity contribution >= 4 is 39.9 Å². The van der Waals surface area contributed by atoms with Crippen LogP contribution in [0.25, 0.3) is 10.6 Å². The second kappa shape index (κ2) is 7.81. The number of benzene rings is 1. The van der Waals surface area contributed by atoms with Crippen molar-refractivity contribution in [3.05, 3.63) is 35.0 Å². The van der Waals surface area contributed by atoms with Crippen molar-refractivity contribution in [3.8, 4) is 10.6 Å². The summed E-state index contributed by atoms with van der Waals surface area (Å²) in [4.78, 5) is 28.3. The zero-order valence-electron chi connectivity index (χ0n) is 13.3. The second-order valence-electron chi connectivity index (χ2n) is 5.71. The van der Waals surface area contributed by atoms with Gasteiger partial charge in [0.05, 0.1) is 0 Å². The summed E-state index contributed by atoms with van der Waals surface area (Å²) in [6, 6.07) is 6.41. The third kappa shape index (κ3) is 4.47.